The molecule has 6 nitrogen and oxygen atoms in total. The molecule has 0 spiro atoms. The fourth-order valence-corrected chi connectivity index (χ4v) is 3.00. The maximum Gasteiger partial charge on any atom is 0.243 e. The molecule has 4 N–H and O–H groups in total. The molecule has 1 aromatic rings. The molecule has 0 heterocycles. The first kappa shape index (κ1) is 17.7. The van der Waals surface area contributed by atoms with Crippen molar-refractivity contribution in [3.05, 3.63) is 23.0 Å². The third-order valence-corrected chi connectivity index (χ3v) is 4.09. The van der Waals surface area contributed by atoms with Crippen molar-refractivity contribution in [1.29, 1.82) is 0 Å². The lowest BCUT2D eigenvalue weighted by molar-refractivity contribution is -0.121. The van der Waals surface area contributed by atoms with E-state index in [2.05, 4.69) is 10.0 Å². The average molecular weight is 338 g/mol. The first-order valence-electron chi connectivity index (χ1n) is 6.17. The third-order valence-electron chi connectivity index (χ3n) is 2.42. The molecule has 0 radical (unpaired) electrons. The molecule has 0 aromatic heterocycles. The monoisotopic (exact) mass is 337 g/mol. The van der Waals surface area contributed by atoms with E-state index in [-0.39, 0.29) is 35.6 Å². The van der Waals surface area contributed by atoms with E-state index in [1.54, 1.807) is 13.8 Å². The second kappa shape index (κ2) is 7.06. The summed E-state index contributed by atoms with van der Waals surface area (Å²) in [6.07, 6.45) is -0.0604. The molecular weight excluding hydrogens is 321 g/mol. The number of rotatable bonds is 6. The number of nitrogens with two attached hydrogens (primary N) is 1. The van der Waals surface area contributed by atoms with Gasteiger partial charge in [-0.15, -0.1) is 0 Å². The fourth-order valence-electron chi connectivity index (χ4n) is 1.55. The van der Waals surface area contributed by atoms with Crippen molar-refractivity contribution in [3.8, 4) is 0 Å². The molecule has 0 aliphatic carbocycles. The van der Waals surface area contributed by atoms with Gasteiger partial charge in [-0.25, -0.2) is 17.5 Å². The number of amides is 1. The van der Waals surface area contributed by atoms with Gasteiger partial charge in [-0.05, 0) is 26.0 Å². The average Bonchev–Trinajstić information content (AvgIpc) is 2.32. The highest BCUT2D eigenvalue weighted by molar-refractivity contribution is 7.89. The summed E-state index contributed by atoms with van der Waals surface area (Å²) in [5.74, 6) is -1.38. The highest BCUT2D eigenvalue weighted by Gasteiger charge is 2.21. The molecule has 0 aliphatic heterocycles. The molecular formula is C12H17ClFN3O3S. The van der Waals surface area contributed by atoms with Gasteiger partial charge in [-0.3, -0.25) is 4.79 Å². The van der Waals surface area contributed by atoms with E-state index >= 15 is 0 Å². The minimum atomic E-state index is -4.13. The van der Waals surface area contributed by atoms with Gasteiger partial charge in [0.2, 0.25) is 15.9 Å². The maximum absolute atomic E-state index is 13.8. The number of carbonyl (C=O) groups is 1. The van der Waals surface area contributed by atoms with Gasteiger partial charge >= 0.3 is 0 Å². The quantitative estimate of drug-likeness (QED) is 0.680. The second-order valence-corrected chi connectivity index (χ2v) is 6.85. The summed E-state index contributed by atoms with van der Waals surface area (Å²) >= 11 is 5.67. The molecule has 1 amide bonds. The van der Waals surface area contributed by atoms with Crippen LogP contribution in [0.5, 0.6) is 0 Å². The number of carbonyl (C=O) groups excluding carboxylic acids is 1. The van der Waals surface area contributed by atoms with E-state index in [1.807, 2.05) is 0 Å². The minimum Gasteiger partial charge on any atom is -0.396 e. The molecule has 9 heteroatoms. The van der Waals surface area contributed by atoms with Crippen LogP contribution in [0.1, 0.15) is 20.3 Å². The number of benzene rings is 1. The first-order valence-corrected chi connectivity index (χ1v) is 8.03. The first-order chi connectivity index (χ1) is 9.63. The van der Waals surface area contributed by atoms with E-state index in [1.165, 1.54) is 0 Å². The van der Waals surface area contributed by atoms with Gasteiger partial charge in [-0.2, -0.15) is 0 Å². The zero-order valence-corrected chi connectivity index (χ0v) is 13.2. The van der Waals surface area contributed by atoms with E-state index in [4.69, 9.17) is 17.3 Å². The molecule has 21 heavy (non-hydrogen) atoms. The van der Waals surface area contributed by atoms with E-state index < -0.39 is 20.7 Å². The highest BCUT2D eigenvalue weighted by atomic mass is 35.5. The van der Waals surface area contributed by atoms with Crippen LogP contribution in [0.3, 0.4) is 0 Å². The summed E-state index contributed by atoms with van der Waals surface area (Å²) in [5, 5.41) is 2.62. The van der Waals surface area contributed by atoms with Crippen molar-refractivity contribution < 1.29 is 17.6 Å². The molecule has 1 rings (SSSR count). The minimum absolute atomic E-state index is 0.00632. The van der Waals surface area contributed by atoms with Crippen LogP contribution in [-0.2, 0) is 14.8 Å². The summed E-state index contributed by atoms with van der Waals surface area (Å²) in [6.45, 7) is 3.41. The molecule has 118 valence electrons. The Hall–Kier alpha value is -1.38. The number of nitrogen functional groups attached to an aromatic ring is 1. The van der Waals surface area contributed by atoms with Crippen molar-refractivity contribution in [3.63, 3.8) is 0 Å². The Labute approximate surface area is 127 Å². The van der Waals surface area contributed by atoms with Crippen molar-refractivity contribution in [1.82, 2.24) is 10.0 Å². The Bertz CT molecular complexity index is 635. The molecule has 1 aromatic carbocycles. The predicted octanol–water partition coefficient (Wildman–Crippen LogP) is 1.25. The maximum atomic E-state index is 13.8. The topological polar surface area (TPSA) is 101 Å². The van der Waals surface area contributed by atoms with Crippen molar-refractivity contribution in [2.24, 2.45) is 0 Å². The largest absolute Gasteiger partial charge is 0.396 e. The van der Waals surface area contributed by atoms with E-state index in [0.29, 0.717) is 0 Å². The summed E-state index contributed by atoms with van der Waals surface area (Å²) in [6, 6.07) is 2.04. The Balaban J connectivity index is 2.77. The van der Waals surface area contributed by atoms with Crippen LogP contribution in [0.2, 0.25) is 5.02 Å². The van der Waals surface area contributed by atoms with Crippen molar-refractivity contribution in [2.45, 2.75) is 31.2 Å². The Kier molecular flexibility index (Phi) is 5.94. The lowest BCUT2D eigenvalue weighted by Gasteiger charge is -2.11. The van der Waals surface area contributed by atoms with Gasteiger partial charge in [0, 0.05) is 24.0 Å². The van der Waals surface area contributed by atoms with Crippen LogP contribution in [0.4, 0.5) is 10.1 Å². The van der Waals surface area contributed by atoms with Crippen LogP contribution in [0, 0.1) is 5.82 Å². The van der Waals surface area contributed by atoms with Crippen molar-refractivity contribution >= 4 is 33.2 Å². The zero-order chi connectivity index (χ0) is 16.2. The number of halogens is 2. The predicted molar refractivity (Wildman–Crippen MR) is 78.9 cm³/mol. The van der Waals surface area contributed by atoms with Gasteiger partial charge in [-0.1, -0.05) is 11.6 Å². The van der Waals surface area contributed by atoms with Gasteiger partial charge in [0.05, 0.1) is 5.69 Å². The fraction of sp³-hybridized carbons (Fsp3) is 0.417. The van der Waals surface area contributed by atoms with Gasteiger partial charge in [0.25, 0.3) is 0 Å². The number of nitrogens with one attached hydrogen (secondary N) is 2. The Morgan fingerprint density at radius 3 is 2.62 bits per heavy atom. The van der Waals surface area contributed by atoms with Gasteiger partial charge < -0.3 is 11.1 Å². The SMILES string of the molecule is CC(C)NC(=O)CCNS(=O)(=O)c1cc(Cl)cc(N)c1F. The standard InChI is InChI=1S/C12H17ClFN3O3S/c1-7(2)17-11(18)3-4-16-21(19,20)10-6-8(13)5-9(15)12(10)14/h5-7,16H,3-4,15H2,1-2H3,(H,17,18). The summed E-state index contributed by atoms with van der Waals surface area (Å²) < 4.78 is 39.8. The summed E-state index contributed by atoms with van der Waals surface area (Å²) in [5.41, 5.74) is 4.97. The summed E-state index contributed by atoms with van der Waals surface area (Å²) in [7, 11) is -4.13. The number of hydrogen-bond donors (Lipinski definition) is 3. The number of anilines is 1. The van der Waals surface area contributed by atoms with Gasteiger partial charge in [0.1, 0.15) is 4.90 Å². The molecule has 0 fully saturated rings. The molecule has 0 saturated carbocycles. The van der Waals surface area contributed by atoms with Crippen LogP contribution in [-0.4, -0.2) is 26.9 Å². The zero-order valence-electron chi connectivity index (χ0n) is 11.6. The van der Waals surface area contributed by atoms with E-state index in [0.717, 1.165) is 12.1 Å². The highest BCUT2D eigenvalue weighted by Crippen LogP contribution is 2.24. The molecule has 0 aliphatic rings. The smallest absolute Gasteiger partial charge is 0.243 e. The van der Waals surface area contributed by atoms with Gasteiger partial charge in [0.15, 0.2) is 5.82 Å². The van der Waals surface area contributed by atoms with Crippen LogP contribution in [0.25, 0.3) is 0 Å². The van der Waals surface area contributed by atoms with Crippen LogP contribution >= 0.6 is 11.6 Å². The number of hydrogen-bond acceptors (Lipinski definition) is 4. The Morgan fingerprint density at radius 1 is 1.43 bits per heavy atom. The summed E-state index contributed by atoms with van der Waals surface area (Å²) in [4.78, 5) is 10.7. The third kappa shape index (κ3) is 5.14. The lowest BCUT2D eigenvalue weighted by atomic mass is 10.3. The van der Waals surface area contributed by atoms with Crippen LogP contribution < -0.4 is 15.8 Å². The molecule has 0 unspecified atom stereocenters. The molecule has 0 bridgehead atoms. The normalized spacial score (nSPS) is 11.7. The molecule has 0 saturated heterocycles. The van der Waals surface area contributed by atoms with Crippen molar-refractivity contribution in [2.75, 3.05) is 12.3 Å². The second-order valence-electron chi connectivity index (χ2n) is 4.68. The van der Waals surface area contributed by atoms with E-state index in [9.17, 15) is 17.6 Å². The lowest BCUT2D eigenvalue weighted by Crippen LogP contribution is -2.34. The number of sulfonamides is 1. The molecule has 0 atom stereocenters. The van der Waals surface area contributed by atoms with Crippen LogP contribution in [0.15, 0.2) is 17.0 Å². The Morgan fingerprint density at radius 2 is 2.05 bits per heavy atom.